The van der Waals surface area contributed by atoms with Crippen molar-refractivity contribution < 1.29 is 14.2 Å². The van der Waals surface area contributed by atoms with E-state index in [1.807, 2.05) is 0 Å². The number of anilines is 2. The molecule has 4 aromatic rings. The van der Waals surface area contributed by atoms with E-state index in [9.17, 15) is 0 Å². The van der Waals surface area contributed by atoms with Crippen molar-refractivity contribution in [3.05, 3.63) is 104 Å². The van der Waals surface area contributed by atoms with Crippen molar-refractivity contribution in [2.45, 2.75) is 13.2 Å². The molecule has 4 rings (SSSR count). The molecule has 0 aliphatic rings. The Hall–Kier alpha value is -2.96. The zero-order chi connectivity index (χ0) is 24.9. The number of rotatable bonds is 8. The van der Waals surface area contributed by atoms with E-state index in [0.29, 0.717) is 65.6 Å². The van der Waals surface area contributed by atoms with Gasteiger partial charge in [-0.2, -0.15) is 0 Å². The van der Waals surface area contributed by atoms with Crippen LogP contribution in [0.25, 0.3) is 0 Å². The van der Waals surface area contributed by atoms with Crippen LogP contribution in [0.3, 0.4) is 0 Å². The standard InChI is InChI=1S/C26H20Cl4N2O3/c27-19-3-1-4-20(28)17(19)13-33-25-11-15(31)7-9-23(25)35-24-10-8-16(32)12-26(24)34-14-18-21(29)5-2-6-22(18)30/h1-12H,13-14,31-32H2. The number of nitrogens with two attached hydrogens (primary N) is 2. The molecule has 0 aliphatic carbocycles. The first-order chi connectivity index (χ1) is 16.8. The summed E-state index contributed by atoms with van der Waals surface area (Å²) in [6.07, 6.45) is 0. The lowest BCUT2D eigenvalue weighted by Gasteiger charge is -2.17. The van der Waals surface area contributed by atoms with Gasteiger partial charge in [-0.05, 0) is 48.5 Å². The number of benzene rings is 4. The first-order valence-corrected chi connectivity index (χ1v) is 11.9. The quantitative estimate of drug-likeness (QED) is 0.216. The summed E-state index contributed by atoms with van der Waals surface area (Å²) in [6, 6.07) is 20.6. The average molecular weight is 550 g/mol. The lowest BCUT2D eigenvalue weighted by Crippen LogP contribution is -2.02. The molecule has 9 heteroatoms. The van der Waals surface area contributed by atoms with Gasteiger partial charge in [0.15, 0.2) is 23.0 Å². The Morgan fingerprint density at radius 3 is 1.26 bits per heavy atom. The molecule has 0 unspecified atom stereocenters. The molecule has 180 valence electrons. The van der Waals surface area contributed by atoms with Crippen LogP contribution >= 0.6 is 46.4 Å². The van der Waals surface area contributed by atoms with Crippen molar-refractivity contribution >= 4 is 57.8 Å². The first kappa shape index (κ1) is 25.1. The smallest absolute Gasteiger partial charge is 0.169 e. The minimum atomic E-state index is 0.119. The predicted molar refractivity (Wildman–Crippen MR) is 143 cm³/mol. The molecule has 4 N–H and O–H groups in total. The van der Waals surface area contributed by atoms with Gasteiger partial charge in [-0.1, -0.05) is 58.5 Å². The van der Waals surface area contributed by atoms with Crippen LogP contribution in [0, 0.1) is 0 Å². The third-order valence-electron chi connectivity index (χ3n) is 5.02. The van der Waals surface area contributed by atoms with E-state index in [0.717, 1.165) is 0 Å². The highest BCUT2D eigenvalue weighted by Crippen LogP contribution is 2.40. The minimum absolute atomic E-state index is 0.119. The zero-order valence-corrected chi connectivity index (χ0v) is 21.3. The molecule has 0 amide bonds. The maximum atomic E-state index is 6.27. The van der Waals surface area contributed by atoms with E-state index >= 15 is 0 Å². The normalized spacial score (nSPS) is 10.7. The summed E-state index contributed by atoms with van der Waals surface area (Å²) in [4.78, 5) is 0. The number of nitrogen functional groups attached to an aromatic ring is 2. The Kier molecular flexibility index (Phi) is 8.04. The van der Waals surface area contributed by atoms with Gasteiger partial charge in [0, 0.05) is 54.7 Å². The third-order valence-corrected chi connectivity index (χ3v) is 6.44. The Bertz CT molecular complexity index is 1220. The van der Waals surface area contributed by atoms with Crippen LogP contribution < -0.4 is 25.7 Å². The van der Waals surface area contributed by atoms with Gasteiger partial charge in [0.2, 0.25) is 0 Å². The Labute approximate surface area is 223 Å². The van der Waals surface area contributed by atoms with Crippen LogP contribution in [-0.4, -0.2) is 0 Å². The summed E-state index contributed by atoms with van der Waals surface area (Å²) in [5.74, 6) is 1.62. The Morgan fingerprint density at radius 2 is 0.886 bits per heavy atom. The number of hydrogen-bond acceptors (Lipinski definition) is 5. The molecule has 0 aromatic heterocycles. The second kappa shape index (κ2) is 11.2. The molecule has 0 aliphatic heterocycles. The van der Waals surface area contributed by atoms with E-state index in [1.54, 1.807) is 72.8 Å². The van der Waals surface area contributed by atoms with Crippen LogP contribution in [-0.2, 0) is 13.2 Å². The number of halogens is 4. The summed E-state index contributed by atoms with van der Waals surface area (Å²) in [5, 5.41) is 1.99. The molecule has 35 heavy (non-hydrogen) atoms. The van der Waals surface area contributed by atoms with Crippen molar-refractivity contribution in [2.24, 2.45) is 0 Å². The van der Waals surface area contributed by atoms with Gasteiger partial charge in [-0.15, -0.1) is 0 Å². The lowest BCUT2D eigenvalue weighted by atomic mass is 10.2. The molecule has 0 atom stereocenters. The molecule has 0 fully saturated rings. The highest BCUT2D eigenvalue weighted by molar-refractivity contribution is 6.36. The molecule has 0 spiro atoms. The Balaban J connectivity index is 1.58. The highest BCUT2D eigenvalue weighted by Gasteiger charge is 2.15. The number of ether oxygens (including phenoxy) is 3. The predicted octanol–water partition coefficient (Wildman–Crippen LogP) is 8.41. The van der Waals surface area contributed by atoms with Crippen LogP contribution in [0.4, 0.5) is 11.4 Å². The Morgan fingerprint density at radius 1 is 0.514 bits per heavy atom. The van der Waals surface area contributed by atoms with Crippen LogP contribution in [0.15, 0.2) is 72.8 Å². The van der Waals surface area contributed by atoms with E-state index in [-0.39, 0.29) is 13.2 Å². The summed E-state index contributed by atoms with van der Waals surface area (Å²) in [7, 11) is 0. The van der Waals surface area contributed by atoms with Gasteiger partial charge in [-0.3, -0.25) is 0 Å². The summed E-state index contributed by atoms with van der Waals surface area (Å²) in [6.45, 7) is 0.239. The second-order valence-electron chi connectivity index (χ2n) is 7.49. The van der Waals surface area contributed by atoms with Crippen LogP contribution in [0.2, 0.25) is 20.1 Å². The van der Waals surface area contributed by atoms with Gasteiger partial charge in [0.05, 0.1) is 0 Å². The molecular formula is C26H20Cl4N2O3. The molecule has 5 nitrogen and oxygen atoms in total. The zero-order valence-electron chi connectivity index (χ0n) is 18.2. The third kappa shape index (κ3) is 6.19. The van der Waals surface area contributed by atoms with E-state index < -0.39 is 0 Å². The fraction of sp³-hybridized carbons (Fsp3) is 0.0769. The topological polar surface area (TPSA) is 79.7 Å². The monoisotopic (exact) mass is 548 g/mol. The maximum Gasteiger partial charge on any atom is 0.169 e. The van der Waals surface area contributed by atoms with Crippen molar-refractivity contribution in [1.29, 1.82) is 0 Å². The van der Waals surface area contributed by atoms with Gasteiger partial charge in [-0.25, -0.2) is 0 Å². The summed E-state index contributed by atoms with van der Waals surface area (Å²) < 4.78 is 18.1. The van der Waals surface area contributed by atoms with Crippen molar-refractivity contribution in [3.8, 4) is 23.0 Å². The molecule has 4 aromatic carbocycles. The van der Waals surface area contributed by atoms with E-state index in [2.05, 4.69) is 0 Å². The molecule has 0 saturated heterocycles. The maximum absolute atomic E-state index is 6.27. The SMILES string of the molecule is Nc1ccc(Oc2ccc(N)cc2OCc2c(Cl)cccc2Cl)c(OCc2c(Cl)cccc2Cl)c1. The minimum Gasteiger partial charge on any atom is -0.485 e. The second-order valence-corrected chi connectivity index (χ2v) is 9.12. The van der Waals surface area contributed by atoms with Gasteiger partial charge < -0.3 is 25.7 Å². The van der Waals surface area contributed by atoms with Crippen LogP contribution in [0.5, 0.6) is 23.0 Å². The van der Waals surface area contributed by atoms with Gasteiger partial charge in [0.25, 0.3) is 0 Å². The van der Waals surface area contributed by atoms with E-state index in [4.69, 9.17) is 72.1 Å². The molecule has 0 radical (unpaired) electrons. The molecule has 0 heterocycles. The summed E-state index contributed by atoms with van der Waals surface area (Å²) >= 11 is 25.1. The average Bonchev–Trinajstić information content (AvgIpc) is 2.81. The largest absolute Gasteiger partial charge is 0.485 e. The lowest BCUT2D eigenvalue weighted by molar-refractivity contribution is 0.278. The van der Waals surface area contributed by atoms with Crippen molar-refractivity contribution in [1.82, 2.24) is 0 Å². The molecule has 0 bridgehead atoms. The first-order valence-electron chi connectivity index (χ1n) is 10.4. The summed E-state index contributed by atoms with van der Waals surface area (Å²) in [5.41, 5.74) is 14.3. The molecule has 0 saturated carbocycles. The van der Waals surface area contributed by atoms with Crippen molar-refractivity contribution in [3.63, 3.8) is 0 Å². The molecular weight excluding hydrogens is 530 g/mol. The fourth-order valence-electron chi connectivity index (χ4n) is 3.20. The van der Waals surface area contributed by atoms with Crippen molar-refractivity contribution in [2.75, 3.05) is 11.5 Å². The highest BCUT2D eigenvalue weighted by atomic mass is 35.5. The van der Waals surface area contributed by atoms with Gasteiger partial charge in [0.1, 0.15) is 13.2 Å². The number of hydrogen-bond donors (Lipinski definition) is 2. The van der Waals surface area contributed by atoms with Crippen LogP contribution in [0.1, 0.15) is 11.1 Å². The van der Waals surface area contributed by atoms with E-state index in [1.165, 1.54) is 0 Å². The van der Waals surface area contributed by atoms with Gasteiger partial charge >= 0.3 is 0 Å². The fourth-order valence-corrected chi connectivity index (χ4v) is 4.22.